The lowest BCUT2D eigenvalue weighted by Crippen LogP contribution is -2.33. The molecule has 0 fully saturated rings. The van der Waals surface area contributed by atoms with E-state index in [4.69, 9.17) is 11.2 Å². The number of carbonyl (C=O) groups is 1. The zero-order valence-corrected chi connectivity index (χ0v) is 14.5. The van der Waals surface area contributed by atoms with E-state index in [-0.39, 0.29) is 12.5 Å². The summed E-state index contributed by atoms with van der Waals surface area (Å²) < 4.78 is 5.56. The number of hydrogen-bond acceptors (Lipinski definition) is 2. The third kappa shape index (κ3) is 3.04. The number of nitrogens with one attached hydrogen (secondary N) is 1. The van der Waals surface area contributed by atoms with Crippen molar-refractivity contribution in [3.05, 3.63) is 65.4 Å². The predicted octanol–water partition coefficient (Wildman–Crippen LogP) is 3.42. The molecule has 2 heterocycles. The molecule has 4 nitrogen and oxygen atoms in total. The Hall–Kier alpha value is -3.19. The second-order valence-electron chi connectivity index (χ2n) is 6.44. The SMILES string of the molecule is C#CCOc1ccc2[nH]c3c(c2c1)CCN(C(=O)c1ccccc1)CC3. The second kappa shape index (κ2) is 6.97. The number of rotatable bonds is 3. The number of benzene rings is 2. The molecule has 1 aliphatic heterocycles. The molecule has 0 bridgehead atoms. The van der Waals surface area contributed by atoms with E-state index >= 15 is 0 Å². The number of amides is 1. The van der Waals surface area contributed by atoms with Gasteiger partial charge in [0, 0.05) is 41.7 Å². The van der Waals surface area contributed by atoms with Gasteiger partial charge in [-0.15, -0.1) is 6.42 Å². The zero-order valence-electron chi connectivity index (χ0n) is 14.5. The van der Waals surface area contributed by atoms with Gasteiger partial charge in [-0.1, -0.05) is 24.1 Å². The summed E-state index contributed by atoms with van der Waals surface area (Å²) in [6.07, 6.45) is 6.92. The van der Waals surface area contributed by atoms with Gasteiger partial charge in [0.15, 0.2) is 0 Å². The molecular weight excluding hydrogens is 324 g/mol. The van der Waals surface area contributed by atoms with Gasteiger partial charge >= 0.3 is 0 Å². The number of nitrogens with zero attached hydrogens (tertiary/aromatic N) is 1. The molecule has 0 saturated carbocycles. The molecule has 2 aromatic carbocycles. The van der Waals surface area contributed by atoms with Gasteiger partial charge in [-0.3, -0.25) is 4.79 Å². The number of carbonyl (C=O) groups excluding carboxylic acids is 1. The number of hydrogen-bond donors (Lipinski definition) is 1. The average molecular weight is 344 g/mol. The van der Waals surface area contributed by atoms with Gasteiger partial charge in [-0.05, 0) is 42.3 Å². The minimum absolute atomic E-state index is 0.0955. The highest BCUT2D eigenvalue weighted by Gasteiger charge is 2.22. The van der Waals surface area contributed by atoms with Crippen LogP contribution in [0, 0.1) is 12.3 Å². The summed E-state index contributed by atoms with van der Waals surface area (Å²) in [6, 6.07) is 15.5. The van der Waals surface area contributed by atoms with Gasteiger partial charge in [0.2, 0.25) is 0 Å². The molecule has 3 aromatic rings. The van der Waals surface area contributed by atoms with Gasteiger partial charge in [0.1, 0.15) is 12.4 Å². The molecule has 0 atom stereocenters. The largest absolute Gasteiger partial charge is 0.481 e. The Morgan fingerprint density at radius 3 is 2.77 bits per heavy atom. The van der Waals surface area contributed by atoms with Crippen LogP contribution in [0.3, 0.4) is 0 Å². The monoisotopic (exact) mass is 344 g/mol. The summed E-state index contributed by atoms with van der Waals surface area (Å²) in [5, 5.41) is 1.16. The molecule has 4 heteroatoms. The van der Waals surface area contributed by atoms with Crippen LogP contribution < -0.4 is 4.74 Å². The van der Waals surface area contributed by atoms with Crippen LogP contribution in [0.25, 0.3) is 10.9 Å². The number of fused-ring (bicyclic) bond motifs is 3. The van der Waals surface area contributed by atoms with Crippen LogP contribution in [-0.4, -0.2) is 35.5 Å². The van der Waals surface area contributed by atoms with Crippen molar-refractivity contribution in [2.75, 3.05) is 19.7 Å². The Balaban J connectivity index is 1.58. The molecule has 1 aliphatic rings. The van der Waals surface area contributed by atoms with Crippen LogP contribution >= 0.6 is 0 Å². The maximum absolute atomic E-state index is 12.7. The fourth-order valence-electron chi connectivity index (χ4n) is 3.57. The van der Waals surface area contributed by atoms with Crippen LogP contribution in [0.2, 0.25) is 0 Å². The Labute approximate surface area is 152 Å². The van der Waals surface area contributed by atoms with Crippen LogP contribution in [0.5, 0.6) is 5.75 Å². The number of aromatic nitrogens is 1. The molecule has 0 radical (unpaired) electrons. The minimum Gasteiger partial charge on any atom is -0.481 e. The molecule has 26 heavy (non-hydrogen) atoms. The Morgan fingerprint density at radius 1 is 1.15 bits per heavy atom. The third-order valence-corrected chi connectivity index (χ3v) is 4.86. The van der Waals surface area contributed by atoms with Crippen molar-refractivity contribution < 1.29 is 9.53 Å². The molecule has 1 aromatic heterocycles. The lowest BCUT2D eigenvalue weighted by Gasteiger charge is -2.20. The van der Waals surface area contributed by atoms with Crippen molar-refractivity contribution in [2.24, 2.45) is 0 Å². The second-order valence-corrected chi connectivity index (χ2v) is 6.44. The first-order valence-corrected chi connectivity index (χ1v) is 8.80. The van der Waals surface area contributed by atoms with E-state index in [0.29, 0.717) is 13.1 Å². The molecule has 0 aliphatic carbocycles. The van der Waals surface area contributed by atoms with E-state index in [1.165, 1.54) is 11.3 Å². The van der Waals surface area contributed by atoms with Gasteiger partial charge in [-0.2, -0.15) is 0 Å². The molecule has 1 amide bonds. The van der Waals surface area contributed by atoms with Gasteiger partial charge in [-0.25, -0.2) is 0 Å². The fraction of sp³-hybridized carbons (Fsp3) is 0.227. The van der Waals surface area contributed by atoms with Crippen LogP contribution in [0.4, 0.5) is 0 Å². The summed E-state index contributed by atoms with van der Waals surface area (Å²) in [4.78, 5) is 18.2. The first kappa shape index (κ1) is 16.3. The molecule has 4 rings (SSSR count). The van der Waals surface area contributed by atoms with Gasteiger partial charge in [0.25, 0.3) is 5.91 Å². The summed E-state index contributed by atoms with van der Waals surface area (Å²) in [5.41, 5.74) is 4.32. The first-order chi connectivity index (χ1) is 12.8. The van der Waals surface area contributed by atoms with Gasteiger partial charge in [0.05, 0.1) is 0 Å². The van der Waals surface area contributed by atoms with Crippen LogP contribution in [0.15, 0.2) is 48.5 Å². The summed E-state index contributed by atoms with van der Waals surface area (Å²) >= 11 is 0. The molecule has 1 N–H and O–H groups in total. The van der Waals surface area contributed by atoms with Crippen molar-refractivity contribution >= 4 is 16.8 Å². The standard InChI is InChI=1S/C22H20N2O2/c1-2-14-26-17-8-9-20-19(15-17)18-10-12-24(13-11-21(18)23-20)22(25)16-6-4-3-5-7-16/h1,3-9,15,23H,10-14H2. The summed E-state index contributed by atoms with van der Waals surface area (Å²) in [5.74, 6) is 3.36. The molecular formula is C22H20N2O2. The van der Waals surface area contributed by atoms with E-state index in [1.807, 2.05) is 53.4 Å². The maximum Gasteiger partial charge on any atom is 0.253 e. The van der Waals surface area contributed by atoms with Crippen molar-refractivity contribution in [2.45, 2.75) is 12.8 Å². The number of H-pyrrole nitrogens is 1. The lowest BCUT2D eigenvalue weighted by atomic mass is 10.1. The van der Waals surface area contributed by atoms with Crippen molar-refractivity contribution in [1.29, 1.82) is 0 Å². The van der Waals surface area contributed by atoms with E-state index in [2.05, 4.69) is 10.9 Å². The summed E-state index contributed by atoms with van der Waals surface area (Å²) in [7, 11) is 0. The Bertz CT molecular complexity index is 983. The van der Waals surface area contributed by atoms with Crippen molar-refractivity contribution in [3.8, 4) is 18.1 Å². The molecule has 0 spiro atoms. The predicted molar refractivity (Wildman–Crippen MR) is 102 cm³/mol. The fourth-order valence-corrected chi connectivity index (χ4v) is 3.57. The Morgan fingerprint density at radius 2 is 1.96 bits per heavy atom. The van der Waals surface area contributed by atoms with Crippen LogP contribution in [0.1, 0.15) is 21.6 Å². The lowest BCUT2D eigenvalue weighted by molar-refractivity contribution is 0.0763. The minimum atomic E-state index is 0.0955. The average Bonchev–Trinajstić information content (AvgIpc) is 2.89. The van der Waals surface area contributed by atoms with Crippen molar-refractivity contribution in [1.82, 2.24) is 9.88 Å². The number of terminal acetylenes is 1. The van der Waals surface area contributed by atoms with Gasteiger partial charge < -0.3 is 14.6 Å². The zero-order chi connectivity index (χ0) is 17.9. The number of aromatic amines is 1. The van der Waals surface area contributed by atoms with E-state index in [1.54, 1.807) is 0 Å². The quantitative estimate of drug-likeness (QED) is 0.740. The molecule has 0 unspecified atom stereocenters. The normalized spacial score (nSPS) is 13.7. The van der Waals surface area contributed by atoms with Crippen molar-refractivity contribution in [3.63, 3.8) is 0 Å². The van der Waals surface area contributed by atoms with E-state index in [9.17, 15) is 4.79 Å². The highest BCUT2D eigenvalue weighted by Crippen LogP contribution is 2.29. The molecule has 0 saturated heterocycles. The smallest absolute Gasteiger partial charge is 0.253 e. The maximum atomic E-state index is 12.7. The number of ether oxygens (including phenoxy) is 1. The highest BCUT2D eigenvalue weighted by molar-refractivity contribution is 5.94. The van der Waals surface area contributed by atoms with E-state index in [0.717, 1.165) is 35.1 Å². The first-order valence-electron chi connectivity index (χ1n) is 8.80. The Kier molecular flexibility index (Phi) is 4.37. The summed E-state index contributed by atoms with van der Waals surface area (Å²) in [6.45, 7) is 1.69. The topological polar surface area (TPSA) is 45.3 Å². The third-order valence-electron chi connectivity index (χ3n) is 4.86. The van der Waals surface area contributed by atoms with E-state index < -0.39 is 0 Å². The highest BCUT2D eigenvalue weighted by atomic mass is 16.5. The van der Waals surface area contributed by atoms with Crippen LogP contribution in [-0.2, 0) is 12.8 Å². The molecule has 130 valence electrons.